The van der Waals surface area contributed by atoms with Gasteiger partial charge in [-0.3, -0.25) is 9.59 Å². The number of nitrogens with zero attached hydrogens (tertiary/aromatic N) is 3. The Morgan fingerprint density at radius 1 is 1.12 bits per heavy atom. The molecule has 0 spiro atoms. The number of piperidine rings is 1. The molecule has 2 amide bonds. The van der Waals surface area contributed by atoms with E-state index in [9.17, 15) is 9.59 Å². The van der Waals surface area contributed by atoms with Gasteiger partial charge in [0.25, 0.3) is 0 Å². The van der Waals surface area contributed by atoms with Crippen LogP contribution in [0.2, 0.25) is 0 Å². The molecule has 0 aromatic heterocycles. The molecule has 2 fully saturated rings. The summed E-state index contributed by atoms with van der Waals surface area (Å²) >= 11 is 0. The van der Waals surface area contributed by atoms with Crippen LogP contribution in [0.5, 0.6) is 0 Å². The average Bonchev–Trinajstić information content (AvgIpc) is 2.64. The number of hydrogen-bond donors (Lipinski definition) is 0. The lowest BCUT2D eigenvalue weighted by atomic mass is 9.83. The van der Waals surface area contributed by atoms with Crippen LogP contribution in [0.25, 0.3) is 0 Å². The van der Waals surface area contributed by atoms with E-state index in [0.717, 1.165) is 38.3 Å². The highest BCUT2D eigenvalue weighted by atomic mass is 16.2. The number of aryl methyl sites for hydroxylation is 1. The summed E-state index contributed by atoms with van der Waals surface area (Å²) in [7, 11) is 1.83. The molecule has 5 nitrogen and oxygen atoms in total. The molecule has 0 saturated carbocycles. The third-order valence-electron chi connectivity index (χ3n) is 5.73. The number of likely N-dealkylation sites (tertiary alicyclic amines) is 1. The van der Waals surface area contributed by atoms with Crippen molar-refractivity contribution >= 4 is 11.8 Å². The Hall–Kier alpha value is -1.88. The lowest BCUT2D eigenvalue weighted by Crippen LogP contribution is -2.53. The number of carbonyl (C=O) groups is 2. The summed E-state index contributed by atoms with van der Waals surface area (Å²) in [6.07, 6.45) is 1.11. The third kappa shape index (κ3) is 3.71. The van der Waals surface area contributed by atoms with E-state index in [-0.39, 0.29) is 23.8 Å². The summed E-state index contributed by atoms with van der Waals surface area (Å²) in [4.78, 5) is 31.6. The summed E-state index contributed by atoms with van der Waals surface area (Å²) in [6, 6.07) is 8.08. The maximum Gasteiger partial charge on any atom is 0.228 e. The van der Waals surface area contributed by atoms with Gasteiger partial charge in [-0.25, -0.2) is 0 Å². The molecule has 0 bridgehead atoms. The van der Waals surface area contributed by atoms with Crippen molar-refractivity contribution in [3.8, 4) is 0 Å². The van der Waals surface area contributed by atoms with Gasteiger partial charge in [0.2, 0.25) is 11.8 Å². The zero-order valence-corrected chi connectivity index (χ0v) is 15.6. The van der Waals surface area contributed by atoms with Crippen LogP contribution in [0.3, 0.4) is 0 Å². The summed E-state index contributed by atoms with van der Waals surface area (Å²) in [5.74, 6) is 0.199. The fourth-order valence-corrected chi connectivity index (χ4v) is 4.04. The van der Waals surface area contributed by atoms with Crippen molar-refractivity contribution in [1.29, 1.82) is 0 Å². The Balaban J connectivity index is 1.81. The van der Waals surface area contributed by atoms with E-state index in [0.29, 0.717) is 12.8 Å². The van der Waals surface area contributed by atoms with Crippen LogP contribution >= 0.6 is 0 Å². The minimum absolute atomic E-state index is 0.130. The maximum atomic E-state index is 13.2. The Morgan fingerprint density at radius 2 is 1.76 bits per heavy atom. The van der Waals surface area contributed by atoms with Gasteiger partial charge in [0.15, 0.2) is 0 Å². The van der Waals surface area contributed by atoms with Crippen LogP contribution in [-0.4, -0.2) is 66.3 Å². The highest BCUT2D eigenvalue weighted by Gasteiger charge is 2.40. The molecular weight excluding hydrogens is 314 g/mol. The van der Waals surface area contributed by atoms with E-state index in [1.54, 1.807) is 4.90 Å². The minimum atomic E-state index is -0.154. The quantitative estimate of drug-likeness (QED) is 0.844. The first-order valence-electron chi connectivity index (χ1n) is 9.34. The van der Waals surface area contributed by atoms with Crippen LogP contribution in [-0.2, 0) is 9.59 Å². The predicted molar refractivity (Wildman–Crippen MR) is 98.1 cm³/mol. The fraction of sp³-hybridized carbons (Fsp3) is 0.600. The minimum Gasteiger partial charge on any atom is -0.340 e. The molecule has 25 heavy (non-hydrogen) atoms. The van der Waals surface area contributed by atoms with Gasteiger partial charge < -0.3 is 14.7 Å². The van der Waals surface area contributed by atoms with Gasteiger partial charge in [0.05, 0.1) is 12.0 Å². The van der Waals surface area contributed by atoms with E-state index in [2.05, 4.69) is 43.0 Å². The second kappa shape index (κ2) is 7.56. The molecule has 2 unspecified atom stereocenters. The Kier molecular flexibility index (Phi) is 5.42. The monoisotopic (exact) mass is 343 g/mol. The van der Waals surface area contributed by atoms with Gasteiger partial charge in [-0.1, -0.05) is 36.8 Å². The van der Waals surface area contributed by atoms with Crippen molar-refractivity contribution in [2.45, 2.75) is 32.7 Å². The Bertz CT molecular complexity index is 620. The number of hydrogen-bond acceptors (Lipinski definition) is 3. The van der Waals surface area contributed by atoms with Crippen molar-refractivity contribution < 1.29 is 9.59 Å². The Morgan fingerprint density at radius 3 is 2.36 bits per heavy atom. The molecule has 0 aliphatic carbocycles. The third-order valence-corrected chi connectivity index (χ3v) is 5.73. The molecule has 2 atom stereocenters. The van der Waals surface area contributed by atoms with Gasteiger partial charge in [0, 0.05) is 39.6 Å². The zero-order chi connectivity index (χ0) is 18.0. The number of benzene rings is 1. The first-order chi connectivity index (χ1) is 12.0. The lowest BCUT2D eigenvalue weighted by molar-refractivity contribution is -0.147. The van der Waals surface area contributed by atoms with Crippen molar-refractivity contribution in [1.82, 2.24) is 14.7 Å². The van der Waals surface area contributed by atoms with Crippen molar-refractivity contribution in [2.75, 3.05) is 39.8 Å². The number of carbonyl (C=O) groups excluding carboxylic acids is 2. The molecule has 0 radical (unpaired) electrons. The summed E-state index contributed by atoms with van der Waals surface area (Å²) in [5.41, 5.74) is 2.25. The number of rotatable bonds is 3. The molecule has 2 saturated heterocycles. The van der Waals surface area contributed by atoms with Gasteiger partial charge >= 0.3 is 0 Å². The molecule has 5 heteroatoms. The number of likely N-dealkylation sites (N-methyl/N-ethyl adjacent to an activating group) is 1. The smallest absolute Gasteiger partial charge is 0.228 e. The molecule has 2 aliphatic rings. The summed E-state index contributed by atoms with van der Waals surface area (Å²) in [5, 5.41) is 0. The standard InChI is InChI=1S/C20H29N3O2/c1-4-22-11-13-23(14-12-22)20(25)17-9-10-18(24)21(3)19(17)16-7-5-15(2)6-8-16/h5-8,17,19H,4,9-14H2,1-3H3. The predicted octanol–water partition coefficient (Wildman–Crippen LogP) is 2.07. The van der Waals surface area contributed by atoms with Crippen molar-refractivity contribution in [2.24, 2.45) is 5.92 Å². The van der Waals surface area contributed by atoms with E-state index in [4.69, 9.17) is 0 Å². The van der Waals surface area contributed by atoms with E-state index >= 15 is 0 Å². The number of amides is 2. The normalized spacial score (nSPS) is 25.3. The first kappa shape index (κ1) is 17.9. The van der Waals surface area contributed by atoms with Crippen molar-refractivity contribution in [3.05, 3.63) is 35.4 Å². The fourth-order valence-electron chi connectivity index (χ4n) is 4.04. The largest absolute Gasteiger partial charge is 0.340 e. The average molecular weight is 343 g/mol. The molecule has 2 heterocycles. The van der Waals surface area contributed by atoms with E-state index in [1.165, 1.54) is 5.56 Å². The molecule has 1 aromatic rings. The van der Waals surface area contributed by atoms with E-state index < -0.39 is 0 Å². The summed E-state index contributed by atoms with van der Waals surface area (Å²) in [6.45, 7) is 8.72. The van der Waals surface area contributed by atoms with Crippen LogP contribution < -0.4 is 0 Å². The zero-order valence-electron chi connectivity index (χ0n) is 15.6. The highest BCUT2D eigenvalue weighted by Crippen LogP contribution is 2.37. The van der Waals surface area contributed by atoms with Gasteiger partial charge in [0.1, 0.15) is 0 Å². The SMILES string of the molecule is CCN1CCN(C(=O)C2CCC(=O)N(C)C2c2ccc(C)cc2)CC1. The molecular formula is C20H29N3O2. The van der Waals surface area contributed by atoms with Crippen LogP contribution in [0.15, 0.2) is 24.3 Å². The highest BCUT2D eigenvalue weighted by molar-refractivity contribution is 5.85. The van der Waals surface area contributed by atoms with Crippen molar-refractivity contribution in [3.63, 3.8) is 0 Å². The molecule has 0 N–H and O–H groups in total. The van der Waals surface area contributed by atoms with Crippen LogP contribution in [0.1, 0.15) is 36.9 Å². The van der Waals surface area contributed by atoms with Gasteiger partial charge in [-0.05, 0) is 25.5 Å². The Labute approximate surface area is 150 Å². The molecule has 1 aromatic carbocycles. The van der Waals surface area contributed by atoms with E-state index in [1.807, 2.05) is 11.9 Å². The van der Waals surface area contributed by atoms with Gasteiger partial charge in [-0.15, -0.1) is 0 Å². The molecule has 136 valence electrons. The molecule has 3 rings (SSSR count). The lowest BCUT2D eigenvalue weighted by Gasteiger charge is -2.42. The van der Waals surface area contributed by atoms with Gasteiger partial charge in [-0.2, -0.15) is 0 Å². The van der Waals surface area contributed by atoms with Crippen LogP contribution in [0.4, 0.5) is 0 Å². The topological polar surface area (TPSA) is 43.9 Å². The second-order valence-electron chi connectivity index (χ2n) is 7.26. The first-order valence-corrected chi connectivity index (χ1v) is 9.34. The summed E-state index contributed by atoms with van der Waals surface area (Å²) < 4.78 is 0. The second-order valence-corrected chi connectivity index (χ2v) is 7.26. The van der Waals surface area contributed by atoms with Crippen LogP contribution in [0, 0.1) is 12.8 Å². The molecule has 2 aliphatic heterocycles. The number of piperazine rings is 1. The maximum absolute atomic E-state index is 13.2.